The van der Waals surface area contributed by atoms with Gasteiger partial charge in [0.25, 0.3) is 5.91 Å². The molecule has 0 aliphatic carbocycles. The first-order valence-corrected chi connectivity index (χ1v) is 6.68. The van der Waals surface area contributed by atoms with Crippen molar-refractivity contribution in [2.45, 2.75) is 6.92 Å². The molecule has 2 N–H and O–H groups in total. The van der Waals surface area contributed by atoms with E-state index in [0.29, 0.717) is 16.5 Å². The maximum Gasteiger partial charge on any atom is 0.275 e. The van der Waals surface area contributed by atoms with Gasteiger partial charge in [-0.2, -0.15) is 0 Å². The summed E-state index contributed by atoms with van der Waals surface area (Å²) in [7, 11) is 1.72. The Kier molecular flexibility index (Phi) is 4.47. The third kappa shape index (κ3) is 3.21. The van der Waals surface area contributed by atoms with Gasteiger partial charge in [-0.15, -0.1) is 0 Å². The van der Waals surface area contributed by atoms with Crippen LogP contribution in [0.5, 0.6) is 0 Å². The molecule has 2 rings (SSSR count). The van der Waals surface area contributed by atoms with Crippen molar-refractivity contribution < 1.29 is 4.79 Å². The minimum atomic E-state index is -0.403. The first kappa shape index (κ1) is 14.6. The number of carbonyl (C=O) groups excluding carboxylic acids is 1. The van der Waals surface area contributed by atoms with Gasteiger partial charge in [0.05, 0.1) is 15.7 Å². The van der Waals surface area contributed by atoms with Crippen molar-refractivity contribution in [2.75, 3.05) is 17.7 Å². The van der Waals surface area contributed by atoms with Gasteiger partial charge in [-0.1, -0.05) is 29.3 Å². The molecule has 1 aromatic heterocycles. The van der Waals surface area contributed by atoms with Gasteiger partial charge in [0, 0.05) is 7.05 Å². The Labute approximate surface area is 127 Å². The van der Waals surface area contributed by atoms with E-state index in [1.807, 2.05) is 13.0 Å². The fourth-order valence-corrected chi connectivity index (χ4v) is 2.01. The molecular formula is C14H13Cl2N3O. The molecule has 1 heterocycles. The zero-order chi connectivity index (χ0) is 14.7. The number of hydrogen-bond acceptors (Lipinski definition) is 3. The molecule has 4 nitrogen and oxygen atoms in total. The van der Waals surface area contributed by atoms with E-state index in [0.717, 1.165) is 5.56 Å². The molecule has 2 aromatic rings. The number of benzene rings is 1. The summed E-state index contributed by atoms with van der Waals surface area (Å²) in [6, 6.07) is 8.69. The van der Waals surface area contributed by atoms with Crippen LogP contribution in [0.15, 0.2) is 30.3 Å². The van der Waals surface area contributed by atoms with Gasteiger partial charge in [-0.3, -0.25) is 4.79 Å². The highest BCUT2D eigenvalue weighted by Crippen LogP contribution is 2.24. The number of amides is 1. The van der Waals surface area contributed by atoms with Crippen molar-refractivity contribution in [3.63, 3.8) is 0 Å². The van der Waals surface area contributed by atoms with E-state index < -0.39 is 5.91 Å². The van der Waals surface area contributed by atoms with E-state index in [-0.39, 0.29) is 10.7 Å². The maximum atomic E-state index is 12.2. The SMILES string of the molecule is CNc1ccc(Cl)c(C(=O)Nc2cc(C)ccc2Cl)n1. The van der Waals surface area contributed by atoms with Crippen LogP contribution >= 0.6 is 23.2 Å². The molecule has 0 saturated carbocycles. The predicted octanol–water partition coefficient (Wildman–Crippen LogP) is 3.99. The molecule has 0 unspecified atom stereocenters. The fraction of sp³-hybridized carbons (Fsp3) is 0.143. The van der Waals surface area contributed by atoms with E-state index in [4.69, 9.17) is 23.2 Å². The minimum Gasteiger partial charge on any atom is -0.373 e. The highest BCUT2D eigenvalue weighted by Gasteiger charge is 2.14. The molecule has 6 heteroatoms. The summed E-state index contributed by atoms with van der Waals surface area (Å²) in [5, 5.41) is 6.32. The number of nitrogens with one attached hydrogen (secondary N) is 2. The van der Waals surface area contributed by atoms with Crippen molar-refractivity contribution >= 4 is 40.6 Å². The van der Waals surface area contributed by atoms with Gasteiger partial charge < -0.3 is 10.6 Å². The van der Waals surface area contributed by atoms with E-state index >= 15 is 0 Å². The van der Waals surface area contributed by atoms with Gasteiger partial charge in [0.15, 0.2) is 0 Å². The molecule has 1 amide bonds. The number of aryl methyl sites for hydroxylation is 1. The maximum absolute atomic E-state index is 12.2. The van der Waals surface area contributed by atoms with Crippen molar-refractivity contribution in [3.8, 4) is 0 Å². The predicted molar refractivity (Wildman–Crippen MR) is 82.9 cm³/mol. The normalized spacial score (nSPS) is 10.2. The van der Waals surface area contributed by atoms with Gasteiger partial charge in [0.2, 0.25) is 0 Å². The van der Waals surface area contributed by atoms with Crippen LogP contribution in [0.2, 0.25) is 10.0 Å². The van der Waals surface area contributed by atoms with Crippen LogP contribution in [-0.2, 0) is 0 Å². The van der Waals surface area contributed by atoms with E-state index in [1.165, 1.54) is 0 Å². The van der Waals surface area contributed by atoms with E-state index in [2.05, 4.69) is 15.6 Å². The molecule has 0 bridgehead atoms. The summed E-state index contributed by atoms with van der Waals surface area (Å²) in [5.41, 5.74) is 1.67. The Hall–Kier alpha value is -1.78. The number of anilines is 2. The summed E-state index contributed by atoms with van der Waals surface area (Å²) in [4.78, 5) is 16.4. The Morgan fingerprint density at radius 1 is 1.15 bits per heavy atom. The molecule has 0 spiro atoms. The highest BCUT2D eigenvalue weighted by molar-refractivity contribution is 6.35. The lowest BCUT2D eigenvalue weighted by atomic mass is 10.2. The Morgan fingerprint density at radius 2 is 1.85 bits per heavy atom. The Bertz CT molecular complexity index is 659. The number of nitrogens with zero attached hydrogens (tertiary/aromatic N) is 1. The largest absolute Gasteiger partial charge is 0.373 e. The van der Waals surface area contributed by atoms with Crippen LogP contribution in [0.3, 0.4) is 0 Å². The Morgan fingerprint density at radius 3 is 2.55 bits per heavy atom. The average Bonchev–Trinajstić information content (AvgIpc) is 2.43. The Balaban J connectivity index is 2.30. The van der Waals surface area contributed by atoms with Gasteiger partial charge in [-0.25, -0.2) is 4.98 Å². The standard InChI is InChI=1S/C14H13Cl2N3O/c1-8-3-4-9(15)11(7-8)18-14(20)13-10(16)5-6-12(17-2)19-13/h3-7H,1-2H3,(H,17,19)(H,18,20). The fourth-order valence-electron chi connectivity index (χ4n) is 1.66. The van der Waals surface area contributed by atoms with Crippen molar-refractivity contribution in [2.24, 2.45) is 0 Å². The average molecular weight is 310 g/mol. The quantitative estimate of drug-likeness (QED) is 0.901. The first-order valence-electron chi connectivity index (χ1n) is 5.93. The smallest absolute Gasteiger partial charge is 0.275 e. The molecule has 1 aromatic carbocycles. The zero-order valence-electron chi connectivity index (χ0n) is 11.0. The summed E-state index contributed by atoms with van der Waals surface area (Å²) in [6.45, 7) is 1.92. The number of carbonyl (C=O) groups is 1. The van der Waals surface area contributed by atoms with Crippen LogP contribution in [0, 0.1) is 6.92 Å². The summed E-state index contributed by atoms with van der Waals surface area (Å²) < 4.78 is 0. The third-order valence-electron chi connectivity index (χ3n) is 2.69. The van der Waals surface area contributed by atoms with Crippen LogP contribution in [0.4, 0.5) is 11.5 Å². The number of hydrogen-bond donors (Lipinski definition) is 2. The van der Waals surface area contributed by atoms with Crippen LogP contribution in [-0.4, -0.2) is 17.9 Å². The van der Waals surface area contributed by atoms with Crippen molar-refractivity contribution in [1.29, 1.82) is 0 Å². The molecule has 0 aliphatic rings. The number of aromatic nitrogens is 1. The molecule has 104 valence electrons. The molecule has 0 saturated heterocycles. The van der Waals surface area contributed by atoms with Crippen molar-refractivity contribution in [3.05, 3.63) is 51.6 Å². The summed E-state index contributed by atoms with van der Waals surface area (Å²) >= 11 is 12.0. The highest BCUT2D eigenvalue weighted by atomic mass is 35.5. The van der Waals surface area contributed by atoms with Gasteiger partial charge in [0.1, 0.15) is 11.5 Å². The number of rotatable bonds is 3. The van der Waals surface area contributed by atoms with Crippen molar-refractivity contribution in [1.82, 2.24) is 4.98 Å². The minimum absolute atomic E-state index is 0.149. The second-order valence-electron chi connectivity index (χ2n) is 4.21. The van der Waals surface area contributed by atoms with Crippen LogP contribution in [0.25, 0.3) is 0 Å². The van der Waals surface area contributed by atoms with Crippen LogP contribution in [0.1, 0.15) is 16.1 Å². The second kappa shape index (κ2) is 6.11. The lowest BCUT2D eigenvalue weighted by Gasteiger charge is -2.09. The second-order valence-corrected chi connectivity index (χ2v) is 5.03. The summed E-state index contributed by atoms with van der Waals surface area (Å²) in [6.07, 6.45) is 0. The number of halogens is 2. The van der Waals surface area contributed by atoms with Gasteiger partial charge >= 0.3 is 0 Å². The molecular weight excluding hydrogens is 297 g/mol. The monoisotopic (exact) mass is 309 g/mol. The lowest BCUT2D eigenvalue weighted by molar-refractivity contribution is 0.102. The first-order chi connectivity index (χ1) is 9.51. The molecule has 0 aliphatic heterocycles. The molecule has 20 heavy (non-hydrogen) atoms. The lowest BCUT2D eigenvalue weighted by Crippen LogP contribution is -2.15. The zero-order valence-corrected chi connectivity index (χ0v) is 12.5. The number of pyridine rings is 1. The van der Waals surface area contributed by atoms with E-state index in [1.54, 1.807) is 31.3 Å². The molecule has 0 radical (unpaired) electrons. The third-order valence-corrected chi connectivity index (χ3v) is 3.32. The van der Waals surface area contributed by atoms with Crippen LogP contribution < -0.4 is 10.6 Å². The molecule has 0 fully saturated rings. The topological polar surface area (TPSA) is 54.0 Å². The summed E-state index contributed by atoms with van der Waals surface area (Å²) in [5.74, 6) is 0.162. The molecule has 0 atom stereocenters. The van der Waals surface area contributed by atoms with Gasteiger partial charge in [-0.05, 0) is 36.8 Å². The van der Waals surface area contributed by atoms with E-state index in [9.17, 15) is 4.79 Å².